The van der Waals surface area contributed by atoms with Crippen LogP contribution < -0.4 is 11.2 Å². The Bertz CT molecular complexity index is 1480. The maximum atomic E-state index is 13.6. The van der Waals surface area contributed by atoms with Gasteiger partial charge >= 0.3 is 5.69 Å². The van der Waals surface area contributed by atoms with Crippen molar-refractivity contribution in [2.24, 2.45) is 0 Å². The molecule has 0 bridgehead atoms. The van der Waals surface area contributed by atoms with Crippen molar-refractivity contribution in [1.29, 1.82) is 0 Å². The molecule has 0 atom stereocenters. The van der Waals surface area contributed by atoms with Gasteiger partial charge in [-0.25, -0.2) is 18.3 Å². The van der Waals surface area contributed by atoms with Crippen molar-refractivity contribution in [3.05, 3.63) is 104 Å². The molecule has 5 aromatic rings. The number of fused-ring (bicyclic) bond motifs is 3. The summed E-state index contributed by atoms with van der Waals surface area (Å²) in [5.74, 6) is -0.0764. The van der Waals surface area contributed by atoms with Gasteiger partial charge in [-0.05, 0) is 41.1 Å². The first-order valence-electron chi connectivity index (χ1n) is 9.50. The van der Waals surface area contributed by atoms with E-state index in [1.165, 1.54) is 32.6 Å². The van der Waals surface area contributed by atoms with Gasteiger partial charge in [-0.3, -0.25) is 9.36 Å². The fourth-order valence-electron chi connectivity index (χ4n) is 3.63. The number of rotatable bonds is 5. The Morgan fingerprint density at radius 3 is 2.57 bits per heavy atom. The Morgan fingerprint density at radius 2 is 1.77 bits per heavy atom. The minimum absolute atomic E-state index is 0.122. The molecule has 0 N–H and O–H groups in total. The number of hydrogen-bond acceptors (Lipinski definition) is 4. The van der Waals surface area contributed by atoms with Crippen molar-refractivity contribution in [2.45, 2.75) is 19.5 Å². The fourth-order valence-corrected chi connectivity index (χ4v) is 4.46. The van der Waals surface area contributed by atoms with Crippen molar-refractivity contribution in [3.63, 3.8) is 0 Å². The Labute approximate surface area is 174 Å². The summed E-state index contributed by atoms with van der Waals surface area (Å²) in [6.07, 6.45) is 0.637. The van der Waals surface area contributed by atoms with Crippen LogP contribution in [0.4, 0.5) is 4.39 Å². The predicted molar refractivity (Wildman–Crippen MR) is 115 cm³/mol. The molecule has 0 saturated heterocycles. The average Bonchev–Trinajstić information content (AvgIpc) is 3.34. The standard InChI is InChI=1S/C22H17FN4O2S/c23-17-8-4-7-16(13-17)14-26-22(29)27-18-10-12-30-19(18)20(28)25(21(27)24-26)11-9-15-5-2-1-3-6-15/h1-8,10,12-13H,9,11,14H2. The predicted octanol–water partition coefficient (Wildman–Crippen LogP) is 3.30. The lowest BCUT2D eigenvalue weighted by Crippen LogP contribution is -2.26. The van der Waals surface area contributed by atoms with E-state index in [9.17, 15) is 14.0 Å². The maximum absolute atomic E-state index is 13.6. The van der Waals surface area contributed by atoms with E-state index in [0.29, 0.717) is 34.5 Å². The first-order chi connectivity index (χ1) is 14.6. The lowest BCUT2D eigenvalue weighted by Gasteiger charge is -2.08. The number of aryl methyl sites for hydroxylation is 2. The summed E-state index contributed by atoms with van der Waals surface area (Å²) in [7, 11) is 0. The summed E-state index contributed by atoms with van der Waals surface area (Å²) < 4.78 is 18.4. The second kappa shape index (κ2) is 7.38. The second-order valence-electron chi connectivity index (χ2n) is 7.03. The van der Waals surface area contributed by atoms with Crippen LogP contribution in [0.25, 0.3) is 16.0 Å². The Balaban J connectivity index is 1.66. The zero-order chi connectivity index (χ0) is 20.7. The normalized spacial score (nSPS) is 11.5. The molecule has 3 aromatic heterocycles. The van der Waals surface area contributed by atoms with Crippen LogP contribution in [-0.4, -0.2) is 18.7 Å². The van der Waals surface area contributed by atoms with Crippen LogP contribution in [-0.2, 0) is 19.5 Å². The molecule has 8 heteroatoms. The fraction of sp³-hybridized carbons (Fsp3) is 0.136. The second-order valence-corrected chi connectivity index (χ2v) is 7.95. The molecule has 0 amide bonds. The van der Waals surface area contributed by atoms with Crippen molar-refractivity contribution in [2.75, 3.05) is 0 Å². The molecule has 5 rings (SSSR count). The van der Waals surface area contributed by atoms with E-state index in [1.807, 2.05) is 30.3 Å². The monoisotopic (exact) mass is 420 g/mol. The van der Waals surface area contributed by atoms with E-state index in [-0.39, 0.29) is 23.6 Å². The van der Waals surface area contributed by atoms with Gasteiger partial charge in [0, 0.05) is 6.54 Å². The molecule has 0 fully saturated rings. The lowest BCUT2D eigenvalue weighted by molar-refractivity contribution is 0.614. The average molecular weight is 420 g/mol. The number of benzene rings is 2. The summed E-state index contributed by atoms with van der Waals surface area (Å²) in [5, 5.41) is 6.25. The summed E-state index contributed by atoms with van der Waals surface area (Å²) in [6.45, 7) is 0.521. The molecule has 0 saturated carbocycles. The molecule has 0 unspecified atom stereocenters. The van der Waals surface area contributed by atoms with E-state index in [4.69, 9.17) is 0 Å². The van der Waals surface area contributed by atoms with Crippen LogP contribution in [0.5, 0.6) is 0 Å². The van der Waals surface area contributed by atoms with E-state index >= 15 is 0 Å². The smallest absolute Gasteiger partial charge is 0.275 e. The quantitative estimate of drug-likeness (QED) is 0.438. The number of aromatic nitrogens is 4. The van der Waals surface area contributed by atoms with Gasteiger partial charge in [-0.2, -0.15) is 0 Å². The molecule has 0 aliphatic heterocycles. The number of hydrogen-bond donors (Lipinski definition) is 0. The molecule has 6 nitrogen and oxygen atoms in total. The van der Waals surface area contributed by atoms with Crippen LogP contribution in [0.2, 0.25) is 0 Å². The minimum Gasteiger partial charge on any atom is -0.275 e. The molecule has 0 spiro atoms. The van der Waals surface area contributed by atoms with Gasteiger partial charge < -0.3 is 0 Å². The van der Waals surface area contributed by atoms with Gasteiger partial charge in [0.05, 0.1) is 12.1 Å². The summed E-state index contributed by atoms with van der Waals surface area (Å²) in [6, 6.07) is 17.7. The van der Waals surface area contributed by atoms with E-state index in [1.54, 1.807) is 28.1 Å². The van der Waals surface area contributed by atoms with Crippen LogP contribution in [0.15, 0.2) is 75.6 Å². The van der Waals surface area contributed by atoms with Gasteiger partial charge in [0.1, 0.15) is 10.5 Å². The summed E-state index contributed by atoms with van der Waals surface area (Å²) >= 11 is 1.31. The van der Waals surface area contributed by atoms with E-state index < -0.39 is 0 Å². The Kier molecular flexibility index (Phi) is 4.55. The highest BCUT2D eigenvalue weighted by Gasteiger charge is 2.18. The van der Waals surface area contributed by atoms with Crippen molar-refractivity contribution in [1.82, 2.24) is 18.7 Å². The van der Waals surface area contributed by atoms with Crippen molar-refractivity contribution >= 4 is 27.3 Å². The third-order valence-electron chi connectivity index (χ3n) is 5.08. The lowest BCUT2D eigenvalue weighted by atomic mass is 10.1. The highest BCUT2D eigenvalue weighted by molar-refractivity contribution is 7.17. The van der Waals surface area contributed by atoms with Gasteiger partial charge in [0.25, 0.3) is 5.56 Å². The molecule has 0 radical (unpaired) electrons. The first kappa shape index (κ1) is 18.5. The first-order valence-corrected chi connectivity index (χ1v) is 10.4. The molecule has 150 valence electrons. The molecule has 0 aliphatic carbocycles. The highest BCUT2D eigenvalue weighted by Crippen LogP contribution is 2.18. The number of thiophene rings is 1. The van der Waals surface area contributed by atoms with Crippen LogP contribution in [0.1, 0.15) is 11.1 Å². The van der Waals surface area contributed by atoms with E-state index in [2.05, 4.69) is 5.10 Å². The van der Waals surface area contributed by atoms with Crippen LogP contribution in [0, 0.1) is 5.82 Å². The SMILES string of the molecule is O=c1c2sccc2n2c(=O)n(Cc3cccc(F)c3)nc2n1CCc1ccccc1. The summed E-state index contributed by atoms with van der Waals surface area (Å²) in [4.78, 5) is 26.2. The third kappa shape index (κ3) is 3.15. The highest BCUT2D eigenvalue weighted by atomic mass is 32.1. The van der Waals surface area contributed by atoms with Gasteiger partial charge in [0.2, 0.25) is 5.78 Å². The topological polar surface area (TPSA) is 61.3 Å². The zero-order valence-corrected chi connectivity index (χ0v) is 16.7. The largest absolute Gasteiger partial charge is 0.352 e. The molecule has 30 heavy (non-hydrogen) atoms. The molecular weight excluding hydrogens is 403 g/mol. The number of halogens is 1. The summed E-state index contributed by atoms with van der Waals surface area (Å²) in [5.41, 5.74) is 1.75. The molecule has 3 heterocycles. The van der Waals surface area contributed by atoms with Crippen molar-refractivity contribution in [3.8, 4) is 0 Å². The third-order valence-corrected chi connectivity index (χ3v) is 5.97. The molecular formula is C22H17FN4O2S. The number of nitrogens with zero attached hydrogens (tertiary/aromatic N) is 4. The minimum atomic E-state index is -0.371. The van der Waals surface area contributed by atoms with Crippen LogP contribution in [0.3, 0.4) is 0 Å². The van der Waals surface area contributed by atoms with Crippen LogP contribution >= 0.6 is 11.3 Å². The molecule has 0 aliphatic rings. The van der Waals surface area contributed by atoms with E-state index in [0.717, 1.165) is 5.56 Å². The molecule has 2 aromatic carbocycles. The maximum Gasteiger partial charge on any atom is 0.352 e. The van der Waals surface area contributed by atoms with Crippen molar-refractivity contribution < 1.29 is 4.39 Å². The van der Waals surface area contributed by atoms with Gasteiger partial charge in [-0.1, -0.05) is 42.5 Å². The Hall–Kier alpha value is -3.52. The van der Waals surface area contributed by atoms with Gasteiger partial charge in [0.15, 0.2) is 0 Å². The Morgan fingerprint density at radius 1 is 0.967 bits per heavy atom. The zero-order valence-electron chi connectivity index (χ0n) is 15.9. The van der Waals surface area contributed by atoms with Gasteiger partial charge in [-0.15, -0.1) is 16.4 Å².